The maximum atomic E-state index is 11.4. The first-order valence-electron chi connectivity index (χ1n) is 4.77. The number of rotatable bonds is 4. The first-order chi connectivity index (χ1) is 7.54. The Morgan fingerprint density at radius 1 is 1.44 bits per heavy atom. The van der Waals surface area contributed by atoms with Crippen molar-refractivity contribution < 1.29 is 9.53 Å². The Bertz CT molecular complexity index is 371. The number of hydrogen-bond donors (Lipinski definition) is 0. The van der Waals surface area contributed by atoms with Crippen LogP contribution in [0.1, 0.15) is 18.4 Å². The molecular weight excluding hydrogens is 359 g/mol. The number of carbonyl (C=O) groups excluding carboxylic acids is 1. The second-order valence-corrected chi connectivity index (χ2v) is 5.45. The molecule has 1 aromatic carbocycles. The average molecular weight is 370 g/mol. The van der Waals surface area contributed by atoms with Gasteiger partial charge in [0.25, 0.3) is 0 Å². The van der Waals surface area contributed by atoms with Gasteiger partial charge in [-0.1, -0.05) is 15.9 Å². The van der Waals surface area contributed by atoms with Crippen LogP contribution in [0, 0.1) is 6.92 Å². The molecule has 5 heteroatoms. The van der Waals surface area contributed by atoms with E-state index in [9.17, 15) is 4.79 Å². The van der Waals surface area contributed by atoms with Crippen molar-refractivity contribution in [3.8, 4) is 5.75 Å². The van der Waals surface area contributed by atoms with Gasteiger partial charge in [-0.2, -0.15) is 0 Å². The van der Waals surface area contributed by atoms with E-state index < -0.39 is 0 Å². The van der Waals surface area contributed by atoms with Gasteiger partial charge < -0.3 is 4.74 Å². The molecule has 88 valence electrons. The van der Waals surface area contributed by atoms with E-state index in [0.29, 0.717) is 24.5 Å². The normalized spacial score (nSPS) is 10.2. The van der Waals surface area contributed by atoms with Crippen LogP contribution in [-0.4, -0.2) is 11.8 Å². The lowest BCUT2D eigenvalue weighted by molar-refractivity contribution is -0.134. The highest BCUT2D eigenvalue weighted by Crippen LogP contribution is 2.32. The number of aryl methyl sites for hydroxylation is 1. The Kier molecular flexibility index (Phi) is 5.79. The Hall–Kier alpha value is -0.0600. The van der Waals surface area contributed by atoms with E-state index in [1.165, 1.54) is 0 Å². The van der Waals surface area contributed by atoms with Gasteiger partial charge in [0.15, 0.2) is 0 Å². The third kappa shape index (κ3) is 4.07. The largest absolute Gasteiger partial charge is 0.425 e. The van der Waals surface area contributed by atoms with Crippen LogP contribution in [0.4, 0.5) is 0 Å². The maximum Gasteiger partial charge on any atom is 0.311 e. The second-order valence-electron chi connectivity index (χ2n) is 3.30. The molecule has 0 saturated heterocycles. The first-order valence-corrected chi connectivity index (χ1v) is 6.89. The molecule has 0 N–H and O–H groups in total. The summed E-state index contributed by atoms with van der Waals surface area (Å²) in [5, 5.41) is 0. The highest BCUT2D eigenvalue weighted by atomic mass is 79.9. The SMILES string of the molecule is Cc1cc(Br)cc(Br)c1OC(=O)CCCCl. The Labute approximate surface area is 117 Å². The molecule has 0 fully saturated rings. The summed E-state index contributed by atoms with van der Waals surface area (Å²) in [6.45, 7) is 1.89. The standard InChI is InChI=1S/C11H11Br2ClO2/c1-7-5-8(12)6-9(13)11(7)16-10(15)3-2-4-14/h5-6H,2-4H2,1H3. The predicted octanol–water partition coefficient (Wildman–Crippen LogP) is 4.44. The van der Waals surface area contributed by atoms with Gasteiger partial charge in [0.05, 0.1) is 4.47 Å². The zero-order valence-corrected chi connectivity index (χ0v) is 12.7. The monoisotopic (exact) mass is 368 g/mol. The Balaban J connectivity index is 2.77. The zero-order valence-electron chi connectivity index (χ0n) is 8.73. The van der Waals surface area contributed by atoms with E-state index in [-0.39, 0.29) is 5.97 Å². The molecular formula is C11H11Br2ClO2. The summed E-state index contributed by atoms with van der Waals surface area (Å²) in [5.74, 6) is 0.782. The molecule has 16 heavy (non-hydrogen) atoms. The topological polar surface area (TPSA) is 26.3 Å². The summed E-state index contributed by atoms with van der Waals surface area (Å²) in [4.78, 5) is 11.4. The highest BCUT2D eigenvalue weighted by molar-refractivity contribution is 9.11. The number of hydrogen-bond acceptors (Lipinski definition) is 2. The summed E-state index contributed by atoms with van der Waals surface area (Å²) in [7, 11) is 0. The van der Waals surface area contributed by atoms with Crippen molar-refractivity contribution in [1.29, 1.82) is 0 Å². The van der Waals surface area contributed by atoms with Gasteiger partial charge in [-0.25, -0.2) is 0 Å². The molecule has 0 radical (unpaired) electrons. The average Bonchev–Trinajstić information content (AvgIpc) is 2.20. The molecule has 0 saturated carbocycles. The van der Waals surface area contributed by atoms with E-state index in [1.807, 2.05) is 19.1 Å². The number of halogens is 3. The van der Waals surface area contributed by atoms with Gasteiger partial charge in [-0.15, -0.1) is 11.6 Å². The van der Waals surface area contributed by atoms with Gasteiger partial charge in [0.1, 0.15) is 5.75 Å². The zero-order chi connectivity index (χ0) is 12.1. The molecule has 0 aliphatic rings. The molecule has 0 amide bonds. The third-order valence-electron chi connectivity index (χ3n) is 1.92. The maximum absolute atomic E-state index is 11.4. The molecule has 0 aliphatic carbocycles. The van der Waals surface area contributed by atoms with Crippen LogP contribution in [0.25, 0.3) is 0 Å². The summed E-state index contributed by atoms with van der Waals surface area (Å²) < 4.78 is 6.97. The second kappa shape index (κ2) is 6.62. The predicted molar refractivity (Wildman–Crippen MR) is 72.2 cm³/mol. The first kappa shape index (κ1) is 14.0. The smallest absolute Gasteiger partial charge is 0.311 e. The van der Waals surface area contributed by atoms with Crippen LogP contribution < -0.4 is 4.74 Å². The van der Waals surface area contributed by atoms with E-state index in [1.54, 1.807) is 0 Å². The van der Waals surface area contributed by atoms with E-state index in [2.05, 4.69) is 31.9 Å². The quantitative estimate of drug-likeness (QED) is 0.445. The van der Waals surface area contributed by atoms with Crippen LogP contribution >= 0.6 is 43.5 Å². The molecule has 0 spiro atoms. The van der Waals surface area contributed by atoms with Gasteiger partial charge in [-0.3, -0.25) is 4.79 Å². The minimum atomic E-state index is -0.258. The van der Waals surface area contributed by atoms with Crippen LogP contribution in [-0.2, 0) is 4.79 Å². The van der Waals surface area contributed by atoms with Crippen LogP contribution in [0.15, 0.2) is 21.1 Å². The van der Waals surface area contributed by atoms with Gasteiger partial charge in [0, 0.05) is 16.8 Å². The van der Waals surface area contributed by atoms with Gasteiger partial charge in [-0.05, 0) is 47.0 Å². The summed E-state index contributed by atoms with van der Waals surface area (Å²) in [5.41, 5.74) is 0.903. The van der Waals surface area contributed by atoms with Crippen LogP contribution in [0.5, 0.6) is 5.75 Å². The number of benzene rings is 1. The number of alkyl halides is 1. The van der Waals surface area contributed by atoms with E-state index in [0.717, 1.165) is 14.5 Å². The minimum absolute atomic E-state index is 0.258. The summed E-state index contributed by atoms with van der Waals surface area (Å²) >= 11 is 12.2. The van der Waals surface area contributed by atoms with Crippen LogP contribution in [0.2, 0.25) is 0 Å². The summed E-state index contributed by atoms with van der Waals surface area (Å²) in [6, 6.07) is 3.74. The fourth-order valence-corrected chi connectivity index (χ4v) is 2.85. The van der Waals surface area contributed by atoms with Crippen molar-refractivity contribution in [3.05, 3.63) is 26.6 Å². The number of carbonyl (C=O) groups is 1. The summed E-state index contributed by atoms with van der Waals surface area (Å²) in [6.07, 6.45) is 0.971. The lowest BCUT2D eigenvalue weighted by atomic mass is 10.2. The van der Waals surface area contributed by atoms with E-state index >= 15 is 0 Å². The molecule has 0 aromatic heterocycles. The van der Waals surface area contributed by atoms with Crippen LogP contribution in [0.3, 0.4) is 0 Å². The van der Waals surface area contributed by atoms with Crippen molar-refractivity contribution in [2.45, 2.75) is 19.8 Å². The molecule has 0 heterocycles. The lowest BCUT2D eigenvalue weighted by Gasteiger charge is -2.09. The van der Waals surface area contributed by atoms with Crippen molar-refractivity contribution >= 4 is 49.4 Å². The molecule has 0 aliphatic heterocycles. The Morgan fingerprint density at radius 2 is 2.12 bits per heavy atom. The molecule has 1 aromatic rings. The van der Waals surface area contributed by atoms with Crippen molar-refractivity contribution in [1.82, 2.24) is 0 Å². The number of esters is 1. The molecule has 0 atom stereocenters. The molecule has 2 nitrogen and oxygen atoms in total. The Morgan fingerprint density at radius 3 is 2.69 bits per heavy atom. The molecule has 1 rings (SSSR count). The third-order valence-corrected chi connectivity index (χ3v) is 3.24. The number of ether oxygens (including phenoxy) is 1. The fraction of sp³-hybridized carbons (Fsp3) is 0.364. The van der Waals surface area contributed by atoms with Crippen molar-refractivity contribution in [2.24, 2.45) is 0 Å². The fourth-order valence-electron chi connectivity index (χ4n) is 1.19. The minimum Gasteiger partial charge on any atom is -0.425 e. The highest BCUT2D eigenvalue weighted by Gasteiger charge is 2.11. The lowest BCUT2D eigenvalue weighted by Crippen LogP contribution is -2.09. The van der Waals surface area contributed by atoms with E-state index in [4.69, 9.17) is 16.3 Å². The van der Waals surface area contributed by atoms with Crippen molar-refractivity contribution in [3.63, 3.8) is 0 Å². The van der Waals surface area contributed by atoms with Gasteiger partial charge >= 0.3 is 5.97 Å². The molecule has 0 unspecified atom stereocenters. The molecule has 0 bridgehead atoms. The van der Waals surface area contributed by atoms with Gasteiger partial charge in [0.2, 0.25) is 0 Å². The van der Waals surface area contributed by atoms with Crippen molar-refractivity contribution in [2.75, 3.05) is 5.88 Å².